The monoisotopic (exact) mass is 254 g/mol. The summed E-state index contributed by atoms with van der Waals surface area (Å²) in [4.78, 5) is 11.3. The highest BCUT2D eigenvalue weighted by Gasteiger charge is 2.13. The molecule has 1 unspecified atom stereocenters. The molecule has 3 nitrogen and oxygen atoms in total. The number of rotatable bonds is 5. The fourth-order valence-electron chi connectivity index (χ4n) is 0.704. The Balaban J connectivity index is 0. The topological polar surface area (TPSA) is 55.1 Å². The second-order valence-corrected chi connectivity index (χ2v) is 6.35. The van der Waals surface area contributed by atoms with Crippen LogP contribution in [0.15, 0.2) is 0 Å². The van der Waals surface area contributed by atoms with Gasteiger partial charge in [-0.1, -0.05) is 27.7 Å². The Morgan fingerprint density at radius 1 is 1.47 bits per heavy atom. The van der Waals surface area contributed by atoms with Crippen LogP contribution in [0.1, 0.15) is 27.7 Å². The molecule has 0 spiro atoms. The maximum Gasteiger partial charge on any atom is 0.230 e. The average Bonchev–Trinajstić information content (AvgIpc) is 2.09. The third-order valence-electron chi connectivity index (χ3n) is 1.69. The minimum atomic E-state index is 0. The highest BCUT2D eigenvalue weighted by atomic mass is 35.5. The molecule has 0 aromatic rings. The fraction of sp³-hybridized carbons (Fsp3) is 0.900. The van der Waals surface area contributed by atoms with E-state index in [1.165, 1.54) is 0 Å². The molecule has 0 aliphatic rings. The summed E-state index contributed by atoms with van der Waals surface area (Å²) in [6.07, 6.45) is 0. The molecule has 0 aromatic carbocycles. The number of nitrogens with one attached hydrogen (secondary N) is 1. The van der Waals surface area contributed by atoms with Gasteiger partial charge in [-0.25, -0.2) is 0 Å². The van der Waals surface area contributed by atoms with Crippen LogP contribution in [0.3, 0.4) is 0 Å². The van der Waals surface area contributed by atoms with E-state index in [0.29, 0.717) is 24.8 Å². The van der Waals surface area contributed by atoms with Crippen molar-refractivity contribution in [2.75, 3.05) is 18.8 Å². The molecule has 92 valence electrons. The molecule has 0 saturated heterocycles. The number of carbonyl (C=O) groups is 1. The van der Waals surface area contributed by atoms with Crippen molar-refractivity contribution in [3.8, 4) is 0 Å². The standard InChI is InChI=1S/C10H22N2OS.ClH/c1-8(5-11)6-12-9(13)7-14-10(2,3)4;/h8H,5-7,11H2,1-4H3,(H,12,13);1H. The van der Waals surface area contributed by atoms with Crippen molar-refractivity contribution in [3.63, 3.8) is 0 Å². The molecule has 15 heavy (non-hydrogen) atoms. The largest absolute Gasteiger partial charge is 0.355 e. The maximum atomic E-state index is 11.3. The zero-order chi connectivity index (χ0) is 11.2. The van der Waals surface area contributed by atoms with Gasteiger partial charge in [0.05, 0.1) is 5.75 Å². The van der Waals surface area contributed by atoms with Crippen molar-refractivity contribution in [1.82, 2.24) is 5.32 Å². The number of amides is 1. The molecule has 0 fully saturated rings. The number of carbonyl (C=O) groups excluding carboxylic acids is 1. The lowest BCUT2D eigenvalue weighted by Gasteiger charge is -2.17. The quantitative estimate of drug-likeness (QED) is 0.785. The van der Waals surface area contributed by atoms with Gasteiger partial charge in [0.1, 0.15) is 0 Å². The summed E-state index contributed by atoms with van der Waals surface area (Å²) in [7, 11) is 0. The van der Waals surface area contributed by atoms with Crippen LogP contribution >= 0.6 is 24.2 Å². The third kappa shape index (κ3) is 12.0. The van der Waals surface area contributed by atoms with E-state index in [0.717, 1.165) is 0 Å². The summed E-state index contributed by atoms with van der Waals surface area (Å²) in [5.41, 5.74) is 5.44. The molecule has 0 aliphatic carbocycles. The van der Waals surface area contributed by atoms with Gasteiger partial charge in [-0.15, -0.1) is 24.2 Å². The van der Waals surface area contributed by atoms with Gasteiger partial charge in [0.25, 0.3) is 0 Å². The van der Waals surface area contributed by atoms with Crippen LogP contribution in [-0.2, 0) is 4.79 Å². The van der Waals surface area contributed by atoms with E-state index in [-0.39, 0.29) is 23.1 Å². The lowest BCUT2D eigenvalue weighted by Crippen LogP contribution is -2.33. The number of hydrogen-bond acceptors (Lipinski definition) is 3. The molecule has 3 N–H and O–H groups in total. The summed E-state index contributed by atoms with van der Waals surface area (Å²) in [6, 6.07) is 0. The van der Waals surface area contributed by atoms with Crippen molar-refractivity contribution in [1.29, 1.82) is 0 Å². The first-order valence-corrected chi connectivity index (χ1v) is 5.94. The van der Waals surface area contributed by atoms with Crippen molar-refractivity contribution < 1.29 is 4.79 Å². The molecule has 0 bridgehead atoms. The number of hydrogen-bond donors (Lipinski definition) is 2. The van der Waals surface area contributed by atoms with Gasteiger partial charge in [0, 0.05) is 11.3 Å². The Kier molecular flexibility index (Phi) is 9.60. The Morgan fingerprint density at radius 2 is 2.00 bits per heavy atom. The average molecular weight is 255 g/mol. The molecule has 5 heteroatoms. The van der Waals surface area contributed by atoms with Gasteiger partial charge >= 0.3 is 0 Å². The highest BCUT2D eigenvalue weighted by Crippen LogP contribution is 2.22. The zero-order valence-corrected chi connectivity index (χ0v) is 11.6. The minimum Gasteiger partial charge on any atom is -0.355 e. The lowest BCUT2D eigenvalue weighted by atomic mass is 10.2. The van der Waals surface area contributed by atoms with Crippen molar-refractivity contribution in [2.45, 2.75) is 32.4 Å². The van der Waals surface area contributed by atoms with E-state index in [1.807, 2.05) is 6.92 Å². The van der Waals surface area contributed by atoms with Gasteiger partial charge in [0.15, 0.2) is 0 Å². The molecule has 0 heterocycles. The van der Waals surface area contributed by atoms with Crippen LogP contribution in [0.2, 0.25) is 0 Å². The van der Waals surface area contributed by atoms with Crippen LogP contribution < -0.4 is 11.1 Å². The van der Waals surface area contributed by atoms with Crippen molar-refractivity contribution in [3.05, 3.63) is 0 Å². The molecule has 1 atom stereocenters. The second kappa shape index (κ2) is 8.25. The van der Waals surface area contributed by atoms with Crippen LogP contribution in [0, 0.1) is 5.92 Å². The van der Waals surface area contributed by atoms with E-state index < -0.39 is 0 Å². The van der Waals surface area contributed by atoms with E-state index in [4.69, 9.17) is 5.73 Å². The van der Waals surface area contributed by atoms with Crippen molar-refractivity contribution >= 4 is 30.1 Å². The molecule has 0 aliphatic heterocycles. The molecule has 0 radical (unpaired) electrons. The highest BCUT2D eigenvalue weighted by molar-refractivity contribution is 8.01. The first kappa shape index (κ1) is 17.5. The molecular formula is C10H23ClN2OS. The summed E-state index contributed by atoms with van der Waals surface area (Å²) < 4.78 is 0.150. The van der Waals surface area contributed by atoms with Gasteiger partial charge < -0.3 is 11.1 Å². The fourth-order valence-corrected chi connectivity index (χ4v) is 1.37. The first-order valence-electron chi connectivity index (χ1n) is 4.96. The lowest BCUT2D eigenvalue weighted by molar-refractivity contribution is -0.118. The summed E-state index contributed by atoms with van der Waals surface area (Å²) >= 11 is 1.66. The van der Waals surface area contributed by atoms with E-state index in [2.05, 4.69) is 26.1 Å². The van der Waals surface area contributed by atoms with Crippen molar-refractivity contribution in [2.24, 2.45) is 11.7 Å². The summed E-state index contributed by atoms with van der Waals surface area (Å²) in [5, 5.41) is 2.87. The smallest absolute Gasteiger partial charge is 0.230 e. The molecule has 0 aromatic heterocycles. The molecule has 1 amide bonds. The predicted molar refractivity (Wildman–Crippen MR) is 70.7 cm³/mol. The second-order valence-electron chi connectivity index (χ2n) is 4.55. The Bertz CT molecular complexity index is 183. The van der Waals surface area contributed by atoms with Gasteiger partial charge in [0.2, 0.25) is 5.91 Å². The molecule has 0 saturated carbocycles. The van der Waals surface area contributed by atoms with Crippen LogP contribution in [0.4, 0.5) is 0 Å². The Hall–Kier alpha value is 0.0700. The molecular weight excluding hydrogens is 232 g/mol. The maximum absolute atomic E-state index is 11.3. The van der Waals surface area contributed by atoms with Gasteiger partial charge in [-0.05, 0) is 12.5 Å². The molecule has 0 rings (SSSR count). The number of thioether (sulfide) groups is 1. The SMILES string of the molecule is CC(CN)CNC(=O)CSC(C)(C)C.Cl. The summed E-state index contributed by atoms with van der Waals surface area (Å²) in [6.45, 7) is 9.64. The van der Waals surface area contributed by atoms with Gasteiger partial charge in [-0.3, -0.25) is 4.79 Å². The van der Waals surface area contributed by atoms with Crippen LogP contribution in [-0.4, -0.2) is 29.5 Å². The van der Waals surface area contributed by atoms with E-state index in [9.17, 15) is 4.79 Å². The number of nitrogens with two attached hydrogens (primary N) is 1. The minimum absolute atomic E-state index is 0. The van der Waals surface area contributed by atoms with Crippen LogP contribution in [0.5, 0.6) is 0 Å². The normalized spacial score (nSPS) is 12.9. The Morgan fingerprint density at radius 3 is 2.40 bits per heavy atom. The van der Waals surface area contributed by atoms with E-state index >= 15 is 0 Å². The van der Waals surface area contributed by atoms with E-state index in [1.54, 1.807) is 11.8 Å². The predicted octanol–water partition coefficient (Wildman–Crippen LogP) is 1.65. The first-order chi connectivity index (χ1) is 6.35. The van der Waals surface area contributed by atoms with Gasteiger partial charge in [-0.2, -0.15) is 0 Å². The summed E-state index contributed by atoms with van der Waals surface area (Å²) in [5.74, 6) is 0.990. The zero-order valence-electron chi connectivity index (χ0n) is 10.0. The van der Waals surface area contributed by atoms with Crippen LogP contribution in [0.25, 0.3) is 0 Å². The Labute approximate surface area is 103 Å². The number of halogens is 1. The third-order valence-corrected chi connectivity index (χ3v) is 2.96.